The highest BCUT2D eigenvalue weighted by molar-refractivity contribution is 5.79. The molecule has 1 heterocycles. The van der Waals surface area contributed by atoms with E-state index in [1.807, 2.05) is 7.05 Å². The van der Waals surface area contributed by atoms with Crippen LogP contribution in [0.1, 0.15) is 46.0 Å². The first-order valence-corrected chi connectivity index (χ1v) is 8.07. The Morgan fingerprint density at radius 1 is 1.11 bits per heavy atom. The molecule has 0 radical (unpaired) electrons. The molecule has 2 unspecified atom stereocenters. The van der Waals surface area contributed by atoms with Gasteiger partial charge in [0, 0.05) is 38.1 Å². The van der Waals surface area contributed by atoms with E-state index in [0.717, 1.165) is 37.8 Å². The topological polar surface area (TPSA) is 23.6 Å². The zero-order valence-electron chi connectivity index (χ0n) is 12.6. The monoisotopic (exact) mass is 264 g/mol. The lowest BCUT2D eigenvalue weighted by Gasteiger charge is -2.39. The van der Waals surface area contributed by atoms with Crippen molar-refractivity contribution in [1.29, 1.82) is 0 Å². The summed E-state index contributed by atoms with van der Waals surface area (Å²) in [6.45, 7) is 6.83. The van der Waals surface area contributed by atoms with E-state index in [-0.39, 0.29) is 0 Å². The zero-order valence-corrected chi connectivity index (χ0v) is 12.6. The van der Waals surface area contributed by atoms with Gasteiger partial charge < -0.3 is 9.80 Å². The van der Waals surface area contributed by atoms with Crippen molar-refractivity contribution in [2.24, 2.45) is 17.8 Å². The van der Waals surface area contributed by atoms with Crippen molar-refractivity contribution in [2.75, 3.05) is 20.1 Å². The molecule has 0 spiro atoms. The summed E-state index contributed by atoms with van der Waals surface area (Å²) in [6, 6.07) is 1.13. The highest BCUT2D eigenvalue weighted by Crippen LogP contribution is 2.54. The number of likely N-dealkylation sites (tertiary alicyclic amines) is 1. The number of nitrogens with zero attached hydrogens (tertiary/aromatic N) is 2. The summed E-state index contributed by atoms with van der Waals surface area (Å²) in [5, 5.41) is 0. The first-order valence-electron chi connectivity index (χ1n) is 8.07. The molecule has 1 saturated heterocycles. The molecule has 2 atom stereocenters. The van der Waals surface area contributed by atoms with Crippen LogP contribution in [0.4, 0.5) is 0 Å². The minimum absolute atomic E-state index is 0.358. The number of carbonyl (C=O) groups is 1. The van der Waals surface area contributed by atoms with Gasteiger partial charge in [0.15, 0.2) is 0 Å². The molecule has 2 aliphatic carbocycles. The molecular formula is C16H28N2O. The van der Waals surface area contributed by atoms with Gasteiger partial charge in [-0.05, 0) is 57.8 Å². The molecule has 0 aromatic carbocycles. The van der Waals surface area contributed by atoms with Crippen LogP contribution in [0.5, 0.6) is 0 Å². The fraction of sp³-hybridized carbons (Fsp3) is 0.938. The number of hydrogen-bond acceptors (Lipinski definition) is 2. The number of hydrogen-bond donors (Lipinski definition) is 0. The normalized spacial score (nSPS) is 35.5. The van der Waals surface area contributed by atoms with E-state index in [4.69, 9.17) is 0 Å². The number of piperidine rings is 1. The van der Waals surface area contributed by atoms with Crippen LogP contribution in [0.25, 0.3) is 0 Å². The number of fused-ring (bicyclic) bond motifs is 1. The molecule has 3 heteroatoms. The van der Waals surface area contributed by atoms with E-state index in [0.29, 0.717) is 23.9 Å². The Morgan fingerprint density at radius 2 is 1.68 bits per heavy atom. The molecule has 0 aromatic rings. The van der Waals surface area contributed by atoms with Crippen molar-refractivity contribution < 1.29 is 4.79 Å². The van der Waals surface area contributed by atoms with Gasteiger partial charge in [-0.25, -0.2) is 0 Å². The minimum Gasteiger partial charge on any atom is -0.342 e. The lowest BCUT2D eigenvalue weighted by Crippen LogP contribution is -2.48. The second kappa shape index (κ2) is 5.08. The Morgan fingerprint density at radius 3 is 2.21 bits per heavy atom. The summed E-state index contributed by atoms with van der Waals surface area (Å²) >= 11 is 0. The summed E-state index contributed by atoms with van der Waals surface area (Å²) < 4.78 is 0. The Balaban J connectivity index is 1.50. The van der Waals surface area contributed by atoms with Crippen LogP contribution in [-0.2, 0) is 4.79 Å². The Kier molecular flexibility index (Phi) is 3.59. The van der Waals surface area contributed by atoms with Gasteiger partial charge in [0.2, 0.25) is 5.91 Å². The van der Waals surface area contributed by atoms with Crippen molar-refractivity contribution >= 4 is 5.91 Å². The zero-order chi connectivity index (χ0) is 13.6. The van der Waals surface area contributed by atoms with Crippen molar-refractivity contribution in [2.45, 2.75) is 58.0 Å². The minimum atomic E-state index is 0.358. The first kappa shape index (κ1) is 13.4. The van der Waals surface area contributed by atoms with Crippen LogP contribution < -0.4 is 0 Å². The van der Waals surface area contributed by atoms with Crippen LogP contribution >= 0.6 is 0 Å². The van der Waals surface area contributed by atoms with E-state index in [1.54, 1.807) is 0 Å². The maximum atomic E-state index is 12.5. The van der Waals surface area contributed by atoms with Crippen molar-refractivity contribution in [1.82, 2.24) is 9.80 Å². The maximum absolute atomic E-state index is 12.5. The van der Waals surface area contributed by atoms with Crippen molar-refractivity contribution in [3.63, 3.8) is 0 Å². The Bertz CT molecular complexity index is 337. The van der Waals surface area contributed by atoms with Crippen LogP contribution in [0, 0.1) is 17.8 Å². The molecule has 3 nitrogen and oxygen atoms in total. The number of amides is 1. The highest BCUT2D eigenvalue weighted by Gasteiger charge is 2.48. The van der Waals surface area contributed by atoms with Gasteiger partial charge in [0.25, 0.3) is 0 Å². The molecule has 0 bridgehead atoms. The molecular weight excluding hydrogens is 236 g/mol. The molecule has 0 aromatic heterocycles. The summed E-state index contributed by atoms with van der Waals surface area (Å²) in [4.78, 5) is 17.2. The molecule has 2 saturated carbocycles. The van der Waals surface area contributed by atoms with Crippen LogP contribution in [0.2, 0.25) is 0 Å². The van der Waals surface area contributed by atoms with Gasteiger partial charge in [-0.15, -0.1) is 0 Å². The summed E-state index contributed by atoms with van der Waals surface area (Å²) in [7, 11) is 2.04. The number of rotatable bonds is 3. The third kappa shape index (κ3) is 2.67. The fourth-order valence-corrected chi connectivity index (χ4v) is 4.17. The van der Waals surface area contributed by atoms with Gasteiger partial charge in [0.05, 0.1) is 0 Å². The average Bonchev–Trinajstić information content (AvgIpc) is 3.03. The summed E-state index contributed by atoms with van der Waals surface area (Å²) in [5.41, 5.74) is 0. The first-order chi connectivity index (χ1) is 9.06. The quantitative estimate of drug-likeness (QED) is 0.781. The molecule has 1 amide bonds. The SMILES string of the molecule is CC(C)N1CCC(N(C)C(=O)C2CC3CC3C2)CC1. The van der Waals surface area contributed by atoms with Crippen LogP contribution in [0.15, 0.2) is 0 Å². The molecule has 3 rings (SSSR count). The van der Waals surface area contributed by atoms with E-state index in [9.17, 15) is 4.79 Å². The van der Waals surface area contributed by atoms with E-state index < -0.39 is 0 Å². The maximum Gasteiger partial charge on any atom is 0.225 e. The number of carbonyl (C=O) groups excluding carboxylic acids is 1. The standard InChI is InChI=1S/C16H28N2O/c1-11(2)18-6-4-15(5-7-18)17(3)16(19)14-9-12-8-13(12)10-14/h11-15H,4-10H2,1-3H3. The smallest absolute Gasteiger partial charge is 0.225 e. The highest BCUT2D eigenvalue weighted by atomic mass is 16.2. The Labute approximate surface area is 117 Å². The van der Waals surface area contributed by atoms with Crippen molar-refractivity contribution in [3.05, 3.63) is 0 Å². The second-order valence-electron chi connectivity index (χ2n) is 7.23. The average molecular weight is 264 g/mol. The molecule has 3 aliphatic rings. The lowest BCUT2D eigenvalue weighted by atomic mass is 9.97. The second-order valence-corrected chi connectivity index (χ2v) is 7.23. The molecule has 3 fully saturated rings. The van der Waals surface area contributed by atoms with Gasteiger partial charge in [-0.1, -0.05) is 0 Å². The largest absolute Gasteiger partial charge is 0.342 e. The molecule has 1 aliphatic heterocycles. The van der Waals surface area contributed by atoms with Gasteiger partial charge >= 0.3 is 0 Å². The van der Waals surface area contributed by atoms with Crippen LogP contribution in [0.3, 0.4) is 0 Å². The lowest BCUT2D eigenvalue weighted by molar-refractivity contribution is -0.137. The third-order valence-electron chi connectivity index (χ3n) is 5.72. The van der Waals surface area contributed by atoms with Gasteiger partial charge in [-0.3, -0.25) is 4.79 Å². The van der Waals surface area contributed by atoms with Gasteiger partial charge in [-0.2, -0.15) is 0 Å². The molecule has 108 valence electrons. The van der Waals surface area contributed by atoms with Crippen LogP contribution in [-0.4, -0.2) is 47.9 Å². The summed E-state index contributed by atoms with van der Waals surface area (Å²) in [6.07, 6.45) is 6.07. The molecule has 19 heavy (non-hydrogen) atoms. The Hall–Kier alpha value is -0.570. The predicted octanol–water partition coefficient (Wildman–Crippen LogP) is 2.36. The van der Waals surface area contributed by atoms with Gasteiger partial charge in [0.1, 0.15) is 0 Å². The third-order valence-corrected chi connectivity index (χ3v) is 5.72. The van der Waals surface area contributed by atoms with E-state index in [2.05, 4.69) is 23.6 Å². The predicted molar refractivity (Wildman–Crippen MR) is 76.8 cm³/mol. The molecule has 0 N–H and O–H groups in total. The van der Waals surface area contributed by atoms with E-state index >= 15 is 0 Å². The summed E-state index contributed by atoms with van der Waals surface area (Å²) in [5.74, 6) is 2.61. The fourth-order valence-electron chi connectivity index (χ4n) is 4.17. The van der Waals surface area contributed by atoms with Crippen molar-refractivity contribution in [3.8, 4) is 0 Å². The van der Waals surface area contributed by atoms with E-state index in [1.165, 1.54) is 19.3 Å².